The van der Waals surface area contributed by atoms with Gasteiger partial charge in [-0.15, -0.1) is 0 Å². The molecule has 0 bridgehead atoms. The highest BCUT2D eigenvalue weighted by Gasteiger charge is 2.26. The molecule has 49 heavy (non-hydrogen) atoms. The van der Waals surface area contributed by atoms with Crippen molar-refractivity contribution in [2.24, 2.45) is 0 Å². The molecule has 4 aromatic heterocycles. The minimum atomic E-state index is 0.626. The number of para-hydroxylation sites is 2. The Balaban J connectivity index is 1.35. The lowest BCUT2D eigenvalue weighted by atomic mass is 9.96. The van der Waals surface area contributed by atoms with E-state index < -0.39 is 0 Å². The molecule has 11 aromatic rings. The van der Waals surface area contributed by atoms with Gasteiger partial charge in [0.15, 0.2) is 22.8 Å². The zero-order valence-corrected chi connectivity index (χ0v) is 26.1. The molecule has 0 unspecified atom stereocenters. The summed E-state index contributed by atoms with van der Waals surface area (Å²) in [4.78, 5) is 10.6. The zero-order chi connectivity index (χ0) is 32.1. The van der Waals surface area contributed by atoms with Crippen LogP contribution in [0.4, 0.5) is 0 Å². The summed E-state index contributed by atoms with van der Waals surface area (Å²) in [5, 5.41) is 7.54. The average Bonchev–Trinajstić information content (AvgIpc) is 3.84. The Labute approximate surface area is 279 Å². The van der Waals surface area contributed by atoms with Crippen molar-refractivity contribution in [1.29, 1.82) is 0 Å². The summed E-state index contributed by atoms with van der Waals surface area (Å²) in [5.41, 5.74) is 8.97. The molecule has 0 aliphatic rings. The average molecular weight is 628 g/mol. The maximum absolute atomic E-state index is 6.96. The van der Waals surface area contributed by atoms with Gasteiger partial charge < -0.3 is 8.83 Å². The summed E-state index contributed by atoms with van der Waals surface area (Å²) >= 11 is 0. The van der Waals surface area contributed by atoms with Crippen molar-refractivity contribution < 1.29 is 8.83 Å². The molecule has 0 atom stereocenters. The summed E-state index contributed by atoms with van der Waals surface area (Å²) < 4.78 is 15.8. The van der Waals surface area contributed by atoms with Gasteiger partial charge in [0.05, 0.1) is 16.4 Å². The van der Waals surface area contributed by atoms with Crippen LogP contribution in [0.1, 0.15) is 0 Å². The van der Waals surface area contributed by atoms with Crippen molar-refractivity contribution in [1.82, 2.24) is 14.5 Å². The molecule has 0 saturated heterocycles. The SMILES string of the molecule is c1ccc(-c2nc(-n3c4ccccc4c4ccc5c6ccccc6oc5c43)c3oc4cc(-c5ccccc5)c5ccccc5c4c3n2)cc1. The van der Waals surface area contributed by atoms with Crippen LogP contribution < -0.4 is 0 Å². The van der Waals surface area contributed by atoms with Gasteiger partial charge in [-0.25, -0.2) is 9.97 Å². The molecule has 7 aromatic carbocycles. The van der Waals surface area contributed by atoms with Gasteiger partial charge in [0.1, 0.15) is 16.7 Å². The summed E-state index contributed by atoms with van der Waals surface area (Å²) in [5.74, 6) is 1.30. The molecule has 11 rings (SSSR count). The van der Waals surface area contributed by atoms with Crippen molar-refractivity contribution in [2.75, 3.05) is 0 Å². The van der Waals surface area contributed by atoms with E-state index in [2.05, 4.69) is 120 Å². The molecule has 0 amide bonds. The van der Waals surface area contributed by atoms with Gasteiger partial charge in [-0.1, -0.05) is 127 Å². The minimum absolute atomic E-state index is 0.626. The van der Waals surface area contributed by atoms with E-state index in [-0.39, 0.29) is 0 Å². The third kappa shape index (κ3) is 3.70. The number of aromatic nitrogens is 3. The van der Waals surface area contributed by atoms with E-state index in [0.717, 1.165) is 87.7 Å². The first-order chi connectivity index (χ1) is 24.3. The van der Waals surface area contributed by atoms with E-state index in [9.17, 15) is 0 Å². The molecule has 228 valence electrons. The fourth-order valence-electron chi connectivity index (χ4n) is 7.66. The van der Waals surface area contributed by atoms with Crippen molar-refractivity contribution >= 4 is 76.6 Å². The largest absolute Gasteiger partial charge is 0.454 e. The van der Waals surface area contributed by atoms with Crippen LogP contribution in [-0.4, -0.2) is 14.5 Å². The Morgan fingerprint density at radius 1 is 0.449 bits per heavy atom. The van der Waals surface area contributed by atoms with E-state index in [4.69, 9.17) is 18.8 Å². The lowest BCUT2D eigenvalue weighted by Gasteiger charge is -2.10. The predicted molar refractivity (Wildman–Crippen MR) is 199 cm³/mol. The Morgan fingerprint density at radius 3 is 1.90 bits per heavy atom. The van der Waals surface area contributed by atoms with E-state index in [1.807, 2.05) is 36.4 Å². The number of benzene rings is 7. The topological polar surface area (TPSA) is 57.0 Å². The third-order valence-electron chi connectivity index (χ3n) is 9.81. The highest BCUT2D eigenvalue weighted by atomic mass is 16.3. The normalized spacial score (nSPS) is 12.1. The van der Waals surface area contributed by atoms with Crippen LogP contribution in [0, 0.1) is 0 Å². The second-order valence-electron chi connectivity index (χ2n) is 12.5. The summed E-state index contributed by atoms with van der Waals surface area (Å²) in [6.07, 6.45) is 0. The van der Waals surface area contributed by atoms with Crippen LogP contribution in [-0.2, 0) is 0 Å². The van der Waals surface area contributed by atoms with Crippen LogP contribution in [0.15, 0.2) is 160 Å². The van der Waals surface area contributed by atoms with Gasteiger partial charge in [-0.05, 0) is 46.2 Å². The lowest BCUT2D eigenvalue weighted by molar-refractivity contribution is 0.661. The van der Waals surface area contributed by atoms with Crippen LogP contribution in [0.3, 0.4) is 0 Å². The van der Waals surface area contributed by atoms with E-state index in [1.54, 1.807) is 0 Å². The molecule has 4 heterocycles. The highest BCUT2D eigenvalue weighted by molar-refractivity contribution is 6.24. The number of furan rings is 2. The van der Waals surface area contributed by atoms with Crippen LogP contribution >= 0.6 is 0 Å². The van der Waals surface area contributed by atoms with E-state index >= 15 is 0 Å². The Hall–Kier alpha value is -6.72. The van der Waals surface area contributed by atoms with Gasteiger partial charge >= 0.3 is 0 Å². The second kappa shape index (κ2) is 9.89. The smallest absolute Gasteiger partial charge is 0.197 e. The van der Waals surface area contributed by atoms with E-state index in [0.29, 0.717) is 17.2 Å². The maximum Gasteiger partial charge on any atom is 0.197 e. The maximum atomic E-state index is 6.96. The summed E-state index contributed by atoms with van der Waals surface area (Å²) in [7, 11) is 0. The molecule has 5 nitrogen and oxygen atoms in total. The molecule has 0 aliphatic heterocycles. The van der Waals surface area contributed by atoms with Crippen molar-refractivity contribution in [3.63, 3.8) is 0 Å². The zero-order valence-electron chi connectivity index (χ0n) is 26.1. The predicted octanol–water partition coefficient (Wildman–Crippen LogP) is 11.9. The van der Waals surface area contributed by atoms with E-state index in [1.165, 1.54) is 0 Å². The Bertz CT molecular complexity index is 3100. The minimum Gasteiger partial charge on any atom is -0.454 e. The highest BCUT2D eigenvalue weighted by Crippen LogP contribution is 2.44. The standard InChI is InChI=1S/C44H25N3O2/c1-3-13-26(14-4-1)34-25-37-38(31-20-8-7-17-28(31)34)39-42(49-37)44(46-43(45-39)27-15-5-2-6-16-27)47-35-21-11-9-18-29(35)32-23-24-33-30-19-10-12-22-36(30)48-41(33)40(32)47/h1-25H. The number of rotatable bonds is 3. The number of nitrogens with zero attached hydrogens (tertiary/aromatic N) is 3. The number of hydrogen-bond acceptors (Lipinski definition) is 4. The molecular formula is C44H25N3O2. The Morgan fingerprint density at radius 2 is 1.08 bits per heavy atom. The summed E-state index contributed by atoms with van der Waals surface area (Å²) in [6.45, 7) is 0. The molecule has 0 radical (unpaired) electrons. The van der Waals surface area contributed by atoms with Gasteiger partial charge in [-0.3, -0.25) is 4.57 Å². The van der Waals surface area contributed by atoms with Gasteiger partial charge in [0.25, 0.3) is 0 Å². The van der Waals surface area contributed by atoms with Crippen molar-refractivity contribution in [3.05, 3.63) is 152 Å². The fourth-order valence-corrected chi connectivity index (χ4v) is 7.66. The van der Waals surface area contributed by atoms with Crippen molar-refractivity contribution in [3.8, 4) is 28.3 Å². The molecule has 0 spiro atoms. The van der Waals surface area contributed by atoms with Gasteiger partial charge in [0, 0.05) is 27.1 Å². The third-order valence-corrected chi connectivity index (χ3v) is 9.81. The van der Waals surface area contributed by atoms with Crippen LogP contribution in [0.25, 0.3) is 105 Å². The van der Waals surface area contributed by atoms with Crippen LogP contribution in [0.5, 0.6) is 0 Å². The van der Waals surface area contributed by atoms with Gasteiger partial charge in [-0.2, -0.15) is 0 Å². The Kier molecular flexibility index (Phi) is 5.32. The summed E-state index contributed by atoms with van der Waals surface area (Å²) in [6, 6.07) is 52.4. The number of hydrogen-bond donors (Lipinski definition) is 0. The molecule has 5 heteroatoms. The second-order valence-corrected chi connectivity index (χ2v) is 12.5. The van der Waals surface area contributed by atoms with Gasteiger partial charge in [0.2, 0.25) is 0 Å². The molecule has 0 fully saturated rings. The quantitative estimate of drug-likeness (QED) is 0.196. The molecule has 0 N–H and O–H groups in total. The molecule has 0 aliphatic carbocycles. The van der Waals surface area contributed by atoms with Crippen LogP contribution in [0.2, 0.25) is 0 Å². The first kappa shape index (κ1) is 26.4. The van der Waals surface area contributed by atoms with Crippen molar-refractivity contribution in [2.45, 2.75) is 0 Å². The first-order valence-electron chi connectivity index (χ1n) is 16.4. The number of fused-ring (bicyclic) bond motifs is 12. The first-order valence-corrected chi connectivity index (χ1v) is 16.4. The fraction of sp³-hybridized carbons (Fsp3) is 0. The molecular weight excluding hydrogens is 603 g/mol. The lowest BCUT2D eigenvalue weighted by Crippen LogP contribution is -2.02. The monoisotopic (exact) mass is 627 g/mol. The molecule has 0 saturated carbocycles.